The third-order valence-corrected chi connectivity index (χ3v) is 8.83. The summed E-state index contributed by atoms with van der Waals surface area (Å²) in [5.41, 5.74) is 1.43. The highest BCUT2D eigenvalue weighted by Crippen LogP contribution is 2.50. The fourth-order valence-corrected chi connectivity index (χ4v) is 7.18. The lowest BCUT2D eigenvalue weighted by Crippen LogP contribution is -2.43. The molecular formula is C26H29NO5S. The van der Waals surface area contributed by atoms with Gasteiger partial charge in [0.05, 0.1) is 4.90 Å². The maximum atomic E-state index is 13.4. The summed E-state index contributed by atoms with van der Waals surface area (Å²) in [5.74, 6) is 0.445. The summed E-state index contributed by atoms with van der Waals surface area (Å²) >= 11 is 0. The highest BCUT2D eigenvalue weighted by Gasteiger charge is 2.48. The van der Waals surface area contributed by atoms with Crippen LogP contribution in [0.25, 0.3) is 21.9 Å². The lowest BCUT2D eigenvalue weighted by Gasteiger charge is -2.31. The minimum atomic E-state index is -3.67. The van der Waals surface area contributed by atoms with Crippen molar-refractivity contribution in [3.05, 3.63) is 54.6 Å². The van der Waals surface area contributed by atoms with Crippen molar-refractivity contribution >= 4 is 37.9 Å². The topological polar surface area (TPSA) is 96.6 Å². The molecule has 4 atom stereocenters. The number of para-hydroxylation sites is 1. The van der Waals surface area contributed by atoms with E-state index in [2.05, 4.69) is 10.8 Å². The number of furan rings is 1. The summed E-state index contributed by atoms with van der Waals surface area (Å²) in [6.45, 7) is 0. The summed E-state index contributed by atoms with van der Waals surface area (Å²) in [6.07, 6.45) is 9.83. The molecule has 2 bridgehead atoms. The van der Waals surface area contributed by atoms with Gasteiger partial charge in [0.25, 0.3) is 0 Å². The van der Waals surface area contributed by atoms with Crippen LogP contribution in [0, 0.1) is 17.8 Å². The van der Waals surface area contributed by atoms with E-state index >= 15 is 0 Å². The number of carboxylic acid groups (broad SMARTS) is 1. The highest BCUT2D eigenvalue weighted by molar-refractivity contribution is 7.89. The first-order chi connectivity index (χ1) is 15.9. The van der Waals surface area contributed by atoms with E-state index in [0.29, 0.717) is 23.8 Å². The van der Waals surface area contributed by atoms with Gasteiger partial charge in [0, 0.05) is 23.2 Å². The predicted octanol–water partition coefficient (Wildman–Crippen LogP) is 5.48. The first kappa shape index (κ1) is 22.2. The number of hydrogen-bond acceptors (Lipinski definition) is 4. The number of hydrogen-bond donors (Lipinski definition) is 2. The summed E-state index contributed by atoms with van der Waals surface area (Å²) in [5, 5.41) is 10.5. The van der Waals surface area contributed by atoms with E-state index < -0.39 is 16.0 Å². The molecule has 2 saturated carbocycles. The molecule has 0 spiro atoms. The van der Waals surface area contributed by atoms with Crippen molar-refractivity contribution in [1.82, 2.24) is 4.72 Å². The number of carboxylic acids is 1. The Kier molecular flexibility index (Phi) is 6.01. The zero-order chi connectivity index (χ0) is 23.0. The Balaban J connectivity index is 1.33. The first-order valence-corrected chi connectivity index (χ1v) is 13.2. The molecule has 2 N–H and O–H groups in total. The molecular weight excluding hydrogens is 438 g/mol. The van der Waals surface area contributed by atoms with Gasteiger partial charge >= 0.3 is 5.97 Å². The normalized spacial score (nSPS) is 25.0. The van der Waals surface area contributed by atoms with E-state index in [-0.39, 0.29) is 23.3 Å². The SMILES string of the molecule is O=C(O)CCC/C=C\C[C@@H]1[C@H]2CC[C@H](C2)[C@H]1NS(=O)(=O)c1ccc2oc3ccccc3c2c1. The Hall–Kier alpha value is -2.64. The van der Waals surface area contributed by atoms with Gasteiger partial charge in [-0.2, -0.15) is 0 Å². The van der Waals surface area contributed by atoms with E-state index in [1.54, 1.807) is 18.2 Å². The smallest absolute Gasteiger partial charge is 0.303 e. The van der Waals surface area contributed by atoms with E-state index in [9.17, 15) is 13.2 Å². The van der Waals surface area contributed by atoms with Gasteiger partial charge in [0.2, 0.25) is 10.0 Å². The molecule has 33 heavy (non-hydrogen) atoms. The van der Waals surface area contributed by atoms with Gasteiger partial charge in [-0.25, -0.2) is 13.1 Å². The van der Waals surface area contributed by atoms with E-state index in [1.165, 1.54) is 0 Å². The van der Waals surface area contributed by atoms with Crippen LogP contribution >= 0.6 is 0 Å². The molecule has 2 aliphatic rings. The predicted molar refractivity (Wildman–Crippen MR) is 127 cm³/mol. The fourth-order valence-electron chi connectivity index (χ4n) is 5.80. The number of unbranched alkanes of at least 4 members (excludes halogenated alkanes) is 1. The number of sulfonamides is 1. The Morgan fingerprint density at radius 2 is 1.85 bits per heavy atom. The largest absolute Gasteiger partial charge is 0.481 e. The van der Waals surface area contributed by atoms with Crippen molar-refractivity contribution in [3.8, 4) is 0 Å². The van der Waals surface area contributed by atoms with Crippen LogP contribution in [0.2, 0.25) is 0 Å². The van der Waals surface area contributed by atoms with E-state index in [1.807, 2.05) is 30.3 Å². The number of benzene rings is 2. The number of rotatable bonds is 9. The van der Waals surface area contributed by atoms with Gasteiger partial charge in [-0.1, -0.05) is 30.4 Å². The van der Waals surface area contributed by atoms with Crippen LogP contribution in [-0.4, -0.2) is 25.5 Å². The molecule has 2 aliphatic carbocycles. The van der Waals surface area contributed by atoms with Crippen molar-refractivity contribution < 1.29 is 22.7 Å². The molecule has 6 nitrogen and oxygen atoms in total. The summed E-state index contributed by atoms with van der Waals surface area (Å²) in [7, 11) is -3.67. The molecule has 0 amide bonds. The minimum Gasteiger partial charge on any atom is -0.481 e. The first-order valence-electron chi connectivity index (χ1n) is 11.7. The molecule has 0 unspecified atom stereocenters. The molecule has 5 rings (SSSR count). The van der Waals surface area contributed by atoms with Crippen molar-refractivity contribution in [2.75, 3.05) is 0 Å². The van der Waals surface area contributed by atoms with Crippen LogP contribution in [0.5, 0.6) is 0 Å². The number of aliphatic carboxylic acids is 1. The minimum absolute atomic E-state index is 0.0609. The molecule has 3 aromatic rings. The third-order valence-electron chi connectivity index (χ3n) is 7.37. The van der Waals surface area contributed by atoms with Crippen molar-refractivity contribution in [2.24, 2.45) is 17.8 Å². The molecule has 7 heteroatoms. The van der Waals surface area contributed by atoms with Crippen molar-refractivity contribution in [1.29, 1.82) is 0 Å². The molecule has 174 valence electrons. The van der Waals surface area contributed by atoms with Crippen LogP contribution in [0.1, 0.15) is 44.9 Å². The Morgan fingerprint density at radius 3 is 2.70 bits per heavy atom. The van der Waals surface area contributed by atoms with E-state index in [4.69, 9.17) is 9.52 Å². The number of allylic oxidation sites excluding steroid dienone is 2. The van der Waals surface area contributed by atoms with Gasteiger partial charge < -0.3 is 9.52 Å². The summed E-state index contributed by atoms with van der Waals surface area (Å²) in [4.78, 5) is 10.9. The fraction of sp³-hybridized carbons (Fsp3) is 0.423. The van der Waals surface area contributed by atoms with Crippen molar-refractivity contribution in [3.63, 3.8) is 0 Å². The Bertz CT molecular complexity index is 1310. The standard InChI is InChI=1S/C26H29NO5S/c28-25(29)10-4-2-1-3-7-20-17-11-12-18(15-17)26(20)27-33(30,31)19-13-14-24-22(16-19)21-8-5-6-9-23(21)32-24/h1,3,5-6,8-9,13-14,16-18,20,26-27H,2,4,7,10-12,15H2,(H,28,29)/b3-1-/t17-,18+,20+,26+/m0/s1. The van der Waals surface area contributed by atoms with Crippen LogP contribution in [0.15, 0.2) is 63.9 Å². The van der Waals surface area contributed by atoms with E-state index in [0.717, 1.165) is 48.5 Å². The second kappa shape index (κ2) is 8.95. The second-order valence-electron chi connectivity index (χ2n) is 9.39. The molecule has 2 aromatic carbocycles. The molecule has 0 radical (unpaired) electrons. The average Bonchev–Trinajstić information content (AvgIpc) is 3.49. The monoisotopic (exact) mass is 467 g/mol. The zero-order valence-electron chi connectivity index (χ0n) is 18.4. The Labute approximate surface area is 193 Å². The molecule has 1 heterocycles. The maximum Gasteiger partial charge on any atom is 0.303 e. The zero-order valence-corrected chi connectivity index (χ0v) is 19.3. The highest BCUT2D eigenvalue weighted by atomic mass is 32.2. The molecule has 1 aromatic heterocycles. The van der Waals surface area contributed by atoms with Gasteiger partial charge in [0.15, 0.2) is 0 Å². The van der Waals surface area contributed by atoms with Crippen LogP contribution in [0.4, 0.5) is 0 Å². The molecule has 2 fully saturated rings. The van der Waals surface area contributed by atoms with Crippen LogP contribution < -0.4 is 4.72 Å². The van der Waals surface area contributed by atoms with Crippen molar-refractivity contribution in [2.45, 2.75) is 55.9 Å². The molecule has 0 saturated heterocycles. The second-order valence-corrected chi connectivity index (χ2v) is 11.1. The maximum absolute atomic E-state index is 13.4. The van der Waals surface area contributed by atoms with Gasteiger partial charge in [0.1, 0.15) is 11.2 Å². The summed E-state index contributed by atoms with van der Waals surface area (Å²) in [6, 6.07) is 12.7. The molecule has 0 aliphatic heterocycles. The average molecular weight is 468 g/mol. The Morgan fingerprint density at radius 1 is 1.06 bits per heavy atom. The number of carbonyl (C=O) groups is 1. The number of nitrogens with one attached hydrogen (secondary N) is 1. The number of fused-ring (bicyclic) bond motifs is 5. The third kappa shape index (κ3) is 4.44. The van der Waals surface area contributed by atoms with Gasteiger partial charge in [-0.15, -0.1) is 0 Å². The van der Waals surface area contributed by atoms with Gasteiger partial charge in [-0.3, -0.25) is 4.79 Å². The van der Waals surface area contributed by atoms with Gasteiger partial charge in [-0.05, 0) is 80.5 Å². The lowest BCUT2D eigenvalue weighted by molar-refractivity contribution is -0.137. The lowest BCUT2D eigenvalue weighted by atomic mass is 9.83. The summed E-state index contributed by atoms with van der Waals surface area (Å²) < 4.78 is 35.6. The van der Waals surface area contributed by atoms with Crippen LogP contribution in [-0.2, 0) is 14.8 Å². The quantitative estimate of drug-likeness (QED) is 0.321. The van der Waals surface area contributed by atoms with Crippen LogP contribution in [0.3, 0.4) is 0 Å².